The van der Waals surface area contributed by atoms with Gasteiger partial charge in [-0.15, -0.1) is 0 Å². The van der Waals surface area contributed by atoms with Gasteiger partial charge in [0.2, 0.25) is 0 Å². The Morgan fingerprint density at radius 3 is 2.32 bits per heavy atom. The van der Waals surface area contributed by atoms with Crippen molar-refractivity contribution in [1.29, 1.82) is 0 Å². The van der Waals surface area contributed by atoms with Crippen molar-refractivity contribution >= 4 is 0 Å². The second-order valence-electron chi connectivity index (χ2n) is 6.06. The van der Waals surface area contributed by atoms with E-state index in [9.17, 15) is 5.11 Å². The summed E-state index contributed by atoms with van der Waals surface area (Å²) in [7, 11) is 0. The van der Waals surface area contributed by atoms with Crippen molar-refractivity contribution in [1.82, 2.24) is 10.2 Å². The van der Waals surface area contributed by atoms with Crippen LogP contribution in [0.15, 0.2) is 24.3 Å². The zero-order valence-corrected chi connectivity index (χ0v) is 11.6. The highest BCUT2D eigenvalue weighted by Crippen LogP contribution is 2.38. The van der Waals surface area contributed by atoms with Gasteiger partial charge in [0.1, 0.15) is 0 Å². The summed E-state index contributed by atoms with van der Waals surface area (Å²) >= 11 is 0. The molecule has 0 unspecified atom stereocenters. The van der Waals surface area contributed by atoms with Gasteiger partial charge in [0.25, 0.3) is 0 Å². The van der Waals surface area contributed by atoms with Gasteiger partial charge in [-0.05, 0) is 30.4 Å². The molecule has 1 aliphatic heterocycles. The van der Waals surface area contributed by atoms with Gasteiger partial charge in [-0.3, -0.25) is 0 Å². The Labute approximate surface area is 115 Å². The molecule has 0 aromatic heterocycles. The third kappa shape index (κ3) is 3.78. The van der Waals surface area contributed by atoms with Gasteiger partial charge in [0, 0.05) is 39.1 Å². The second-order valence-corrected chi connectivity index (χ2v) is 6.06. The zero-order valence-electron chi connectivity index (χ0n) is 11.6. The lowest BCUT2D eigenvalue weighted by Crippen LogP contribution is -2.44. The van der Waals surface area contributed by atoms with Crippen LogP contribution in [-0.4, -0.2) is 48.3 Å². The maximum atomic E-state index is 9.91. The van der Waals surface area contributed by atoms with E-state index in [2.05, 4.69) is 34.5 Å². The van der Waals surface area contributed by atoms with Crippen molar-refractivity contribution in [3.8, 4) is 0 Å². The molecule has 0 spiro atoms. The summed E-state index contributed by atoms with van der Waals surface area (Å²) < 4.78 is 0. The molecule has 104 valence electrons. The quantitative estimate of drug-likeness (QED) is 0.835. The van der Waals surface area contributed by atoms with E-state index in [1.807, 2.05) is 0 Å². The first-order chi connectivity index (χ1) is 9.23. The summed E-state index contributed by atoms with van der Waals surface area (Å²) in [5.41, 5.74) is 2.30. The summed E-state index contributed by atoms with van der Waals surface area (Å²) in [5, 5.41) is 13.3. The minimum absolute atomic E-state index is 0.373. The molecule has 3 heteroatoms. The van der Waals surface area contributed by atoms with Crippen LogP contribution in [0.25, 0.3) is 0 Å². The van der Waals surface area contributed by atoms with Gasteiger partial charge in [-0.25, -0.2) is 0 Å². The average molecular weight is 260 g/mol. The summed E-state index contributed by atoms with van der Waals surface area (Å²) in [4.78, 5) is 2.53. The fourth-order valence-corrected chi connectivity index (χ4v) is 2.75. The van der Waals surface area contributed by atoms with Crippen LogP contribution in [-0.2, 0) is 12.8 Å². The molecule has 1 heterocycles. The van der Waals surface area contributed by atoms with E-state index in [4.69, 9.17) is 0 Å². The van der Waals surface area contributed by atoms with E-state index < -0.39 is 0 Å². The molecule has 2 aliphatic rings. The number of benzene rings is 1. The molecule has 0 atom stereocenters. The van der Waals surface area contributed by atoms with Crippen LogP contribution in [0.3, 0.4) is 0 Å². The van der Waals surface area contributed by atoms with Crippen molar-refractivity contribution in [3.63, 3.8) is 0 Å². The van der Waals surface area contributed by atoms with Crippen molar-refractivity contribution in [2.75, 3.05) is 32.7 Å². The number of aliphatic hydroxyl groups is 1. The van der Waals surface area contributed by atoms with Crippen LogP contribution in [0.4, 0.5) is 0 Å². The highest BCUT2D eigenvalue weighted by molar-refractivity contribution is 5.25. The number of hydrogen-bond acceptors (Lipinski definition) is 3. The molecular weight excluding hydrogens is 236 g/mol. The maximum absolute atomic E-state index is 9.91. The predicted octanol–water partition coefficient (Wildman–Crippen LogP) is 1.20. The standard InChI is InChI=1S/C16H24N2O/c19-16(6-7-16)13-15-3-1-14(2-4-15)5-10-18-11-8-17-9-12-18/h1-4,17,19H,5-13H2. The molecule has 2 fully saturated rings. The Hall–Kier alpha value is -0.900. The van der Waals surface area contributed by atoms with Crippen molar-refractivity contribution in [2.45, 2.75) is 31.3 Å². The molecule has 3 nitrogen and oxygen atoms in total. The first-order valence-corrected chi connectivity index (χ1v) is 7.47. The highest BCUT2D eigenvalue weighted by Gasteiger charge is 2.39. The number of piperazine rings is 1. The molecule has 3 rings (SSSR count). The maximum Gasteiger partial charge on any atom is 0.0690 e. The Kier molecular flexibility index (Phi) is 3.87. The normalized spacial score (nSPS) is 22.4. The first kappa shape index (κ1) is 13.1. The topological polar surface area (TPSA) is 35.5 Å². The van der Waals surface area contributed by atoms with Gasteiger partial charge < -0.3 is 15.3 Å². The zero-order chi connectivity index (χ0) is 13.1. The lowest BCUT2D eigenvalue weighted by atomic mass is 10.0. The van der Waals surface area contributed by atoms with Crippen LogP contribution in [0.5, 0.6) is 0 Å². The fourth-order valence-electron chi connectivity index (χ4n) is 2.75. The Balaban J connectivity index is 1.48. The molecule has 1 saturated carbocycles. The molecule has 0 bridgehead atoms. The second kappa shape index (κ2) is 5.61. The monoisotopic (exact) mass is 260 g/mol. The molecule has 1 saturated heterocycles. The van der Waals surface area contributed by atoms with Crippen molar-refractivity contribution < 1.29 is 5.11 Å². The van der Waals surface area contributed by atoms with Crippen LogP contribution in [0, 0.1) is 0 Å². The largest absolute Gasteiger partial charge is 0.390 e. The average Bonchev–Trinajstić information content (AvgIpc) is 3.17. The Morgan fingerprint density at radius 2 is 1.68 bits per heavy atom. The molecule has 0 radical (unpaired) electrons. The Bertz CT molecular complexity index is 405. The molecule has 2 N–H and O–H groups in total. The number of rotatable bonds is 5. The van der Waals surface area contributed by atoms with Crippen molar-refractivity contribution in [3.05, 3.63) is 35.4 Å². The van der Waals surface area contributed by atoms with Gasteiger partial charge >= 0.3 is 0 Å². The predicted molar refractivity (Wildman–Crippen MR) is 77.3 cm³/mol. The molecule has 1 aromatic carbocycles. The van der Waals surface area contributed by atoms with Gasteiger partial charge in [0.05, 0.1) is 5.60 Å². The first-order valence-electron chi connectivity index (χ1n) is 7.47. The molecule has 1 aliphatic carbocycles. The van der Waals surface area contributed by atoms with Gasteiger partial charge in [-0.1, -0.05) is 24.3 Å². The van der Waals surface area contributed by atoms with E-state index in [0.29, 0.717) is 0 Å². The number of nitrogens with one attached hydrogen (secondary N) is 1. The van der Waals surface area contributed by atoms with Crippen molar-refractivity contribution in [2.24, 2.45) is 0 Å². The van der Waals surface area contributed by atoms with E-state index >= 15 is 0 Å². The Morgan fingerprint density at radius 1 is 1.05 bits per heavy atom. The molecular formula is C16H24N2O. The fraction of sp³-hybridized carbons (Fsp3) is 0.625. The molecule has 1 aromatic rings. The van der Waals surface area contributed by atoms with E-state index in [0.717, 1.165) is 45.3 Å². The van der Waals surface area contributed by atoms with Gasteiger partial charge in [0.15, 0.2) is 0 Å². The minimum atomic E-state index is -0.373. The third-order valence-corrected chi connectivity index (χ3v) is 4.31. The van der Waals surface area contributed by atoms with E-state index in [1.54, 1.807) is 0 Å². The summed E-state index contributed by atoms with van der Waals surface area (Å²) in [6, 6.07) is 8.82. The van der Waals surface area contributed by atoms with E-state index in [1.165, 1.54) is 24.2 Å². The van der Waals surface area contributed by atoms with E-state index in [-0.39, 0.29) is 5.60 Å². The molecule has 19 heavy (non-hydrogen) atoms. The summed E-state index contributed by atoms with van der Waals surface area (Å²) in [5.74, 6) is 0. The lowest BCUT2D eigenvalue weighted by Gasteiger charge is -2.27. The lowest BCUT2D eigenvalue weighted by molar-refractivity contribution is 0.151. The summed E-state index contributed by atoms with van der Waals surface area (Å²) in [6.45, 7) is 5.75. The molecule has 0 amide bonds. The smallest absolute Gasteiger partial charge is 0.0690 e. The number of nitrogens with zero attached hydrogens (tertiary/aromatic N) is 1. The van der Waals surface area contributed by atoms with Crippen LogP contribution < -0.4 is 5.32 Å². The van der Waals surface area contributed by atoms with Crippen LogP contribution in [0.1, 0.15) is 24.0 Å². The SMILES string of the molecule is OC1(Cc2ccc(CCN3CCNCC3)cc2)CC1. The van der Waals surface area contributed by atoms with Crippen LogP contribution in [0.2, 0.25) is 0 Å². The number of hydrogen-bond donors (Lipinski definition) is 2. The minimum Gasteiger partial charge on any atom is -0.390 e. The highest BCUT2D eigenvalue weighted by atomic mass is 16.3. The third-order valence-electron chi connectivity index (χ3n) is 4.31. The van der Waals surface area contributed by atoms with Crippen LogP contribution >= 0.6 is 0 Å². The van der Waals surface area contributed by atoms with Gasteiger partial charge in [-0.2, -0.15) is 0 Å². The summed E-state index contributed by atoms with van der Waals surface area (Å²) in [6.07, 6.45) is 3.89.